The molecule has 0 aromatic carbocycles. The molecule has 18 heavy (non-hydrogen) atoms. The van der Waals surface area contributed by atoms with Crippen LogP contribution in [-0.2, 0) is 9.53 Å². The quantitative estimate of drug-likeness (QED) is 0.705. The number of hydrogen-bond donors (Lipinski definition) is 0. The molecule has 4 rings (SSSR count). The first kappa shape index (κ1) is 12.0. The lowest BCUT2D eigenvalue weighted by Crippen LogP contribution is -2.56. The topological polar surface area (TPSA) is 50.1 Å². The molecule has 98 valence electrons. The molecule has 4 bridgehead atoms. The largest absolute Gasteiger partial charge is 0.468 e. The molecule has 0 N–H and O–H groups in total. The first-order valence-electron chi connectivity index (χ1n) is 7.02. The van der Waals surface area contributed by atoms with Crippen molar-refractivity contribution in [3.63, 3.8) is 0 Å². The van der Waals surface area contributed by atoms with Crippen molar-refractivity contribution in [3.8, 4) is 6.07 Å². The van der Waals surface area contributed by atoms with E-state index in [1.54, 1.807) is 0 Å². The van der Waals surface area contributed by atoms with E-state index in [4.69, 9.17) is 4.74 Å². The molecule has 0 amide bonds. The van der Waals surface area contributed by atoms with E-state index in [1.807, 2.05) is 6.92 Å². The summed E-state index contributed by atoms with van der Waals surface area (Å²) >= 11 is 0. The SMILES string of the molecule is COC(=O)C(C)(C#N)C12CC3CC(CC(C3)C1)C2. The summed E-state index contributed by atoms with van der Waals surface area (Å²) in [6.45, 7) is 1.81. The average molecular weight is 247 g/mol. The fourth-order valence-corrected chi connectivity index (χ4v) is 5.31. The third-order valence-corrected chi connectivity index (χ3v) is 5.92. The summed E-state index contributed by atoms with van der Waals surface area (Å²) in [4.78, 5) is 12.1. The molecule has 0 aliphatic heterocycles. The minimum absolute atomic E-state index is 0.108. The maximum absolute atomic E-state index is 12.1. The molecule has 0 spiro atoms. The molecule has 1 unspecified atom stereocenters. The predicted molar refractivity (Wildman–Crippen MR) is 66.3 cm³/mol. The highest BCUT2D eigenvalue weighted by Crippen LogP contribution is 2.66. The summed E-state index contributed by atoms with van der Waals surface area (Å²) in [7, 11) is 1.40. The highest BCUT2D eigenvalue weighted by Gasteiger charge is 2.62. The van der Waals surface area contributed by atoms with Crippen LogP contribution in [0, 0.1) is 39.9 Å². The molecule has 0 radical (unpaired) electrons. The van der Waals surface area contributed by atoms with E-state index in [1.165, 1.54) is 26.4 Å². The molecule has 0 saturated heterocycles. The molecule has 0 aromatic heterocycles. The lowest BCUT2D eigenvalue weighted by Gasteiger charge is -2.60. The monoisotopic (exact) mass is 247 g/mol. The van der Waals surface area contributed by atoms with E-state index in [9.17, 15) is 10.1 Å². The van der Waals surface area contributed by atoms with Crippen LogP contribution in [0.25, 0.3) is 0 Å². The maximum Gasteiger partial charge on any atom is 0.326 e. The number of esters is 1. The normalized spacial score (nSPS) is 44.2. The Hall–Kier alpha value is -1.04. The minimum Gasteiger partial charge on any atom is -0.468 e. The van der Waals surface area contributed by atoms with Gasteiger partial charge in [0.2, 0.25) is 0 Å². The Bertz CT molecular complexity index is 387. The van der Waals surface area contributed by atoms with Crippen LogP contribution in [0.3, 0.4) is 0 Å². The van der Waals surface area contributed by atoms with Crippen LogP contribution >= 0.6 is 0 Å². The Kier molecular flexibility index (Phi) is 2.49. The zero-order valence-electron chi connectivity index (χ0n) is 11.2. The summed E-state index contributed by atoms with van der Waals surface area (Å²) in [5.74, 6) is 1.91. The molecule has 4 aliphatic carbocycles. The van der Waals surface area contributed by atoms with Gasteiger partial charge in [0, 0.05) is 5.41 Å². The molecule has 4 saturated carbocycles. The summed E-state index contributed by atoms with van der Waals surface area (Å²) in [5.41, 5.74) is -1.05. The standard InChI is InChI=1S/C15H21NO2/c1-14(9-16,13(17)18-2)15-6-10-3-11(7-15)5-12(4-10)8-15/h10-12H,3-8H2,1-2H3. The van der Waals surface area contributed by atoms with E-state index in [2.05, 4.69) is 6.07 Å². The average Bonchev–Trinajstić information content (AvgIpc) is 2.35. The molecular weight excluding hydrogens is 226 g/mol. The predicted octanol–water partition coefficient (Wildman–Crippen LogP) is 2.91. The number of hydrogen-bond acceptors (Lipinski definition) is 3. The number of ether oxygens (including phenoxy) is 1. The highest BCUT2D eigenvalue weighted by atomic mass is 16.5. The van der Waals surface area contributed by atoms with Gasteiger partial charge >= 0.3 is 5.97 Å². The van der Waals surface area contributed by atoms with Crippen molar-refractivity contribution >= 4 is 5.97 Å². The van der Waals surface area contributed by atoms with E-state index in [0.717, 1.165) is 37.0 Å². The fourth-order valence-electron chi connectivity index (χ4n) is 5.31. The van der Waals surface area contributed by atoms with Gasteiger partial charge in [-0.3, -0.25) is 4.79 Å². The molecular formula is C15H21NO2. The zero-order chi connectivity index (χ0) is 13.0. The van der Waals surface area contributed by atoms with Gasteiger partial charge in [0.15, 0.2) is 5.41 Å². The summed E-state index contributed by atoms with van der Waals surface area (Å²) in [6.07, 6.45) is 7.13. The number of carbonyl (C=O) groups excluding carboxylic acids is 1. The van der Waals surface area contributed by atoms with Crippen molar-refractivity contribution in [1.82, 2.24) is 0 Å². The second-order valence-electron chi connectivity index (χ2n) is 6.93. The van der Waals surface area contributed by atoms with Gasteiger partial charge in [-0.1, -0.05) is 0 Å². The van der Waals surface area contributed by atoms with Gasteiger partial charge in [0.25, 0.3) is 0 Å². The maximum atomic E-state index is 12.1. The second kappa shape index (κ2) is 3.73. The smallest absolute Gasteiger partial charge is 0.326 e. The molecule has 4 aliphatic rings. The Morgan fingerprint density at radius 1 is 1.22 bits per heavy atom. The van der Waals surface area contributed by atoms with Crippen LogP contribution < -0.4 is 0 Å². The van der Waals surface area contributed by atoms with Crippen LogP contribution in [-0.4, -0.2) is 13.1 Å². The molecule has 0 aromatic rings. The van der Waals surface area contributed by atoms with E-state index in [-0.39, 0.29) is 11.4 Å². The van der Waals surface area contributed by atoms with Gasteiger partial charge in [-0.25, -0.2) is 0 Å². The van der Waals surface area contributed by atoms with Crippen LogP contribution in [0.2, 0.25) is 0 Å². The lowest BCUT2D eigenvalue weighted by atomic mass is 9.43. The Labute approximate surface area is 108 Å². The van der Waals surface area contributed by atoms with Crippen molar-refractivity contribution in [2.75, 3.05) is 7.11 Å². The third-order valence-electron chi connectivity index (χ3n) is 5.92. The molecule has 3 nitrogen and oxygen atoms in total. The Morgan fingerprint density at radius 3 is 2.00 bits per heavy atom. The molecule has 0 heterocycles. The van der Waals surface area contributed by atoms with Crippen molar-refractivity contribution in [3.05, 3.63) is 0 Å². The van der Waals surface area contributed by atoms with Crippen LogP contribution in [0.1, 0.15) is 45.4 Å². The van der Waals surface area contributed by atoms with Gasteiger partial charge in [0.1, 0.15) is 0 Å². The molecule has 4 fully saturated rings. The number of rotatable bonds is 2. The van der Waals surface area contributed by atoms with E-state index < -0.39 is 5.41 Å². The van der Waals surface area contributed by atoms with Gasteiger partial charge in [-0.05, 0) is 63.2 Å². The van der Waals surface area contributed by atoms with Crippen molar-refractivity contribution in [1.29, 1.82) is 5.26 Å². The highest BCUT2D eigenvalue weighted by molar-refractivity contribution is 5.80. The van der Waals surface area contributed by atoms with Crippen LogP contribution in [0.5, 0.6) is 0 Å². The van der Waals surface area contributed by atoms with Crippen LogP contribution in [0.15, 0.2) is 0 Å². The second-order valence-corrected chi connectivity index (χ2v) is 6.93. The van der Waals surface area contributed by atoms with Gasteiger partial charge in [-0.15, -0.1) is 0 Å². The summed E-state index contributed by atoms with van der Waals surface area (Å²) in [6, 6.07) is 2.31. The first-order chi connectivity index (χ1) is 8.53. The fraction of sp³-hybridized carbons (Fsp3) is 0.867. The third kappa shape index (κ3) is 1.38. The van der Waals surface area contributed by atoms with Crippen molar-refractivity contribution in [2.45, 2.75) is 45.4 Å². The van der Waals surface area contributed by atoms with Crippen LogP contribution in [0.4, 0.5) is 0 Å². The Balaban J connectivity index is 2.00. The Morgan fingerprint density at radius 2 is 1.67 bits per heavy atom. The number of methoxy groups -OCH3 is 1. The van der Waals surface area contributed by atoms with Gasteiger partial charge < -0.3 is 4.74 Å². The van der Waals surface area contributed by atoms with Gasteiger partial charge in [-0.2, -0.15) is 5.26 Å². The van der Waals surface area contributed by atoms with E-state index in [0.29, 0.717) is 0 Å². The van der Waals surface area contributed by atoms with Gasteiger partial charge in [0.05, 0.1) is 13.2 Å². The van der Waals surface area contributed by atoms with Crippen molar-refractivity contribution < 1.29 is 9.53 Å². The number of carbonyl (C=O) groups is 1. The van der Waals surface area contributed by atoms with Crippen molar-refractivity contribution in [2.24, 2.45) is 28.6 Å². The number of nitriles is 1. The molecule has 1 atom stereocenters. The summed E-state index contributed by atoms with van der Waals surface area (Å²) < 4.78 is 4.93. The zero-order valence-corrected chi connectivity index (χ0v) is 11.2. The summed E-state index contributed by atoms with van der Waals surface area (Å²) in [5, 5.41) is 9.60. The first-order valence-corrected chi connectivity index (χ1v) is 7.02. The van der Waals surface area contributed by atoms with E-state index >= 15 is 0 Å². The lowest BCUT2D eigenvalue weighted by molar-refractivity contribution is -0.169. The minimum atomic E-state index is -0.947. The number of nitrogens with zero attached hydrogens (tertiary/aromatic N) is 1. The molecule has 3 heteroatoms.